The van der Waals surface area contributed by atoms with Gasteiger partial charge in [-0.25, -0.2) is 0 Å². The zero-order valence-electron chi connectivity index (χ0n) is 23.5. The lowest BCUT2D eigenvalue weighted by Gasteiger charge is -2.46. The second kappa shape index (κ2) is 10.0. The Bertz CT molecular complexity index is 1340. The molecule has 1 fully saturated rings. The number of fused-ring (bicyclic) bond motifs is 7. The molecule has 212 valence electrons. The molecule has 40 heavy (non-hydrogen) atoms. The highest BCUT2D eigenvalue weighted by Gasteiger charge is 2.44. The van der Waals surface area contributed by atoms with E-state index in [-0.39, 0.29) is 29.9 Å². The Hall–Kier alpha value is -3.75. The predicted octanol–water partition coefficient (Wildman–Crippen LogP) is 5.01. The number of carbonyl (C=O) groups is 2. The number of guanidine groups is 1. The van der Waals surface area contributed by atoms with E-state index in [1.807, 2.05) is 38.1 Å². The molecular weight excluding hydrogens is 508 g/mol. The molecule has 5 aliphatic rings. The first-order valence-corrected chi connectivity index (χ1v) is 14.4. The van der Waals surface area contributed by atoms with Crippen molar-refractivity contribution in [1.82, 2.24) is 15.5 Å². The third kappa shape index (κ3) is 4.86. The first-order valence-electron chi connectivity index (χ1n) is 14.4. The third-order valence-corrected chi connectivity index (χ3v) is 8.71. The second-order valence-electron chi connectivity index (χ2n) is 12.1. The van der Waals surface area contributed by atoms with Crippen molar-refractivity contribution in [2.75, 3.05) is 13.2 Å². The number of amides is 2. The number of nitrogens with one attached hydrogen (secondary N) is 3. The van der Waals surface area contributed by atoms with Crippen molar-refractivity contribution < 1.29 is 23.8 Å². The number of rotatable bonds is 1. The van der Waals surface area contributed by atoms with Gasteiger partial charge in [0.15, 0.2) is 5.96 Å². The van der Waals surface area contributed by atoms with E-state index in [4.69, 9.17) is 19.6 Å². The van der Waals surface area contributed by atoms with Crippen LogP contribution in [0.25, 0.3) is 0 Å². The van der Waals surface area contributed by atoms with Crippen LogP contribution in [0.4, 0.5) is 0 Å². The van der Waals surface area contributed by atoms with E-state index in [0.717, 1.165) is 48.3 Å². The number of benzene rings is 2. The van der Waals surface area contributed by atoms with E-state index >= 15 is 0 Å². The van der Waals surface area contributed by atoms with E-state index in [1.165, 1.54) is 0 Å². The maximum absolute atomic E-state index is 13.7. The van der Waals surface area contributed by atoms with Crippen molar-refractivity contribution in [3.63, 3.8) is 0 Å². The van der Waals surface area contributed by atoms with Crippen LogP contribution in [-0.4, -0.2) is 47.0 Å². The first-order chi connectivity index (χ1) is 19.2. The van der Waals surface area contributed by atoms with Gasteiger partial charge >= 0.3 is 0 Å². The van der Waals surface area contributed by atoms with Crippen LogP contribution in [0.15, 0.2) is 36.4 Å². The first kappa shape index (κ1) is 26.5. The van der Waals surface area contributed by atoms with Crippen LogP contribution in [0.2, 0.25) is 0 Å². The smallest absolute Gasteiger partial charge is 0.251 e. The van der Waals surface area contributed by atoms with Crippen molar-refractivity contribution in [2.24, 2.45) is 0 Å². The van der Waals surface area contributed by atoms with Crippen LogP contribution in [0.1, 0.15) is 99.3 Å². The summed E-state index contributed by atoms with van der Waals surface area (Å²) in [7, 11) is 0. The highest BCUT2D eigenvalue weighted by atomic mass is 16.5. The quantitative estimate of drug-likeness (QED) is 0.464. The molecule has 2 aromatic rings. The number of carbonyl (C=O) groups excluding carboxylic acids is 2. The molecule has 2 amide bonds. The minimum atomic E-state index is -0.452. The zero-order valence-corrected chi connectivity index (χ0v) is 23.5. The normalized spacial score (nSPS) is 27.6. The molecule has 0 unspecified atom stereocenters. The Morgan fingerprint density at radius 2 is 1.85 bits per heavy atom. The van der Waals surface area contributed by atoms with Crippen LogP contribution >= 0.6 is 0 Å². The fourth-order valence-electron chi connectivity index (χ4n) is 6.56. The van der Waals surface area contributed by atoms with Gasteiger partial charge in [0.1, 0.15) is 22.8 Å². The largest absolute Gasteiger partial charge is 0.494 e. The van der Waals surface area contributed by atoms with Gasteiger partial charge in [0.25, 0.3) is 5.91 Å². The van der Waals surface area contributed by atoms with Crippen LogP contribution in [0.3, 0.4) is 0 Å². The molecule has 5 aliphatic heterocycles. The summed E-state index contributed by atoms with van der Waals surface area (Å²) in [5.74, 6) is 1.96. The van der Waals surface area contributed by atoms with Crippen molar-refractivity contribution in [2.45, 2.75) is 88.9 Å². The molecule has 7 rings (SSSR count). The molecule has 5 heterocycles. The van der Waals surface area contributed by atoms with Gasteiger partial charge in [0, 0.05) is 35.1 Å². The molecule has 3 N–H and O–H groups in total. The van der Waals surface area contributed by atoms with Gasteiger partial charge in [0.2, 0.25) is 5.91 Å². The van der Waals surface area contributed by atoms with E-state index in [2.05, 4.69) is 17.6 Å². The topological polar surface area (TPSA) is 113 Å². The number of hydrogen-bond donors (Lipinski definition) is 3. The van der Waals surface area contributed by atoms with Gasteiger partial charge in [0.05, 0.1) is 31.7 Å². The number of ether oxygens (including phenoxy) is 3. The lowest BCUT2D eigenvalue weighted by Crippen LogP contribution is -2.63. The summed E-state index contributed by atoms with van der Waals surface area (Å²) in [6.07, 6.45) is 4.69. The predicted molar refractivity (Wildman–Crippen MR) is 150 cm³/mol. The summed E-state index contributed by atoms with van der Waals surface area (Å²) in [6, 6.07) is 10.6. The number of nitrogens with zero attached hydrogens (tertiary/aromatic N) is 1. The van der Waals surface area contributed by atoms with Gasteiger partial charge in [-0.2, -0.15) is 0 Å². The minimum absolute atomic E-state index is 0.0690. The highest BCUT2D eigenvalue weighted by Crippen LogP contribution is 2.43. The van der Waals surface area contributed by atoms with Crippen LogP contribution < -0.4 is 24.8 Å². The molecule has 9 nitrogen and oxygen atoms in total. The Labute approximate surface area is 235 Å². The molecule has 0 spiro atoms. The van der Waals surface area contributed by atoms with Gasteiger partial charge in [-0.05, 0) is 75.9 Å². The van der Waals surface area contributed by atoms with Crippen molar-refractivity contribution in [1.29, 1.82) is 5.41 Å². The van der Waals surface area contributed by atoms with E-state index < -0.39 is 11.1 Å². The van der Waals surface area contributed by atoms with Gasteiger partial charge < -0.3 is 24.8 Å². The summed E-state index contributed by atoms with van der Waals surface area (Å²) in [4.78, 5) is 28.8. The van der Waals surface area contributed by atoms with Crippen molar-refractivity contribution >= 4 is 17.8 Å². The lowest BCUT2D eigenvalue weighted by molar-refractivity contribution is -0.133. The zero-order chi connectivity index (χ0) is 28.1. The molecule has 0 aromatic heterocycles. The second-order valence-corrected chi connectivity index (χ2v) is 12.1. The highest BCUT2D eigenvalue weighted by molar-refractivity contribution is 6.00. The van der Waals surface area contributed by atoms with Gasteiger partial charge in [-0.3, -0.25) is 19.9 Å². The van der Waals surface area contributed by atoms with Gasteiger partial charge in [-0.15, -0.1) is 0 Å². The number of hydrogen-bond acceptors (Lipinski definition) is 6. The maximum Gasteiger partial charge on any atom is 0.251 e. The summed E-state index contributed by atoms with van der Waals surface area (Å²) < 4.78 is 18.3. The standard InChI is InChI=1S/C31H38N4O5/c1-4-31-12-5-6-13-38-20-8-10-26-21(16-20)23(17-30(2,3)40-26)33-28(37)19-7-9-25-22(15-19)24(11-14-39-25)35(27(36)18-31)29(32)34-31/h7-10,15-16,23-24H,4-6,11-14,17-18H2,1-3H3,(H2,32,34)(H,33,37)/t23-,24+,31+/m0/s1. The third-order valence-electron chi connectivity index (χ3n) is 8.71. The molecule has 1 saturated heterocycles. The molecular formula is C31H38N4O5. The van der Waals surface area contributed by atoms with E-state index in [9.17, 15) is 9.59 Å². The summed E-state index contributed by atoms with van der Waals surface area (Å²) in [5, 5.41) is 15.5. The Morgan fingerprint density at radius 3 is 2.65 bits per heavy atom. The molecule has 0 radical (unpaired) electrons. The SMILES string of the molecule is CC[C@]12CCCCOc3ccc4c(c3)[C@H](CC(C)(C)O4)NC(=O)c3ccc4c(c3)[C@@H](CCO4)N(C(=N)N1)C(=O)C2. The monoisotopic (exact) mass is 546 g/mol. The van der Waals surface area contributed by atoms with Crippen LogP contribution in [0.5, 0.6) is 17.2 Å². The van der Waals surface area contributed by atoms with Crippen molar-refractivity contribution in [3.8, 4) is 17.2 Å². The molecule has 0 saturated carbocycles. The molecule has 2 aromatic carbocycles. The molecule has 3 atom stereocenters. The lowest BCUT2D eigenvalue weighted by atomic mass is 9.83. The van der Waals surface area contributed by atoms with Crippen LogP contribution in [0, 0.1) is 5.41 Å². The summed E-state index contributed by atoms with van der Waals surface area (Å²) in [5.41, 5.74) is 1.24. The van der Waals surface area contributed by atoms with Crippen molar-refractivity contribution in [3.05, 3.63) is 53.1 Å². The van der Waals surface area contributed by atoms with E-state index in [1.54, 1.807) is 17.0 Å². The average Bonchev–Trinajstić information content (AvgIpc) is 2.91. The maximum atomic E-state index is 13.7. The van der Waals surface area contributed by atoms with Crippen LogP contribution in [-0.2, 0) is 4.79 Å². The Morgan fingerprint density at radius 1 is 1.02 bits per heavy atom. The Balaban J connectivity index is 1.40. The average molecular weight is 547 g/mol. The fraction of sp³-hybridized carbons (Fsp3) is 0.516. The molecule has 9 heteroatoms. The minimum Gasteiger partial charge on any atom is -0.494 e. The molecule has 6 bridgehead atoms. The fourth-order valence-corrected chi connectivity index (χ4v) is 6.56. The van der Waals surface area contributed by atoms with E-state index in [0.29, 0.717) is 43.8 Å². The molecule has 0 aliphatic carbocycles. The Kier molecular flexibility index (Phi) is 6.63. The van der Waals surface area contributed by atoms with Gasteiger partial charge in [-0.1, -0.05) is 6.92 Å². The summed E-state index contributed by atoms with van der Waals surface area (Å²) >= 11 is 0. The summed E-state index contributed by atoms with van der Waals surface area (Å²) in [6.45, 7) is 7.09.